The van der Waals surface area contributed by atoms with Crippen molar-refractivity contribution < 1.29 is 9.32 Å². The smallest absolute Gasteiger partial charge is 0.242 e. The zero-order chi connectivity index (χ0) is 9.10. The number of nitrogens with zero attached hydrogens (tertiary/aromatic N) is 1. The highest BCUT2D eigenvalue weighted by Crippen LogP contribution is 2.08. The van der Waals surface area contributed by atoms with Gasteiger partial charge in [-0.1, -0.05) is 5.16 Å². The Labute approximate surface area is 75.5 Å². The summed E-state index contributed by atoms with van der Waals surface area (Å²) in [4.78, 5) is 11.5. The summed E-state index contributed by atoms with van der Waals surface area (Å²) in [7, 11) is 0. The number of amides is 1. The highest BCUT2D eigenvalue weighted by atomic mass is 16.5. The molecule has 1 aromatic rings. The molecule has 1 saturated heterocycles. The van der Waals surface area contributed by atoms with Crippen LogP contribution >= 0.6 is 0 Å². The van der Waals surface area contributed by atoms with Crippen LogP contribution in [-0.4, -0.2) is 23.7 Å². The fraction of sp³-hybridized carbons (Fsp3) is 0.500. The lowest BCUT2D eigenvalue weighted by atomic mass is 10.2. The average Bonchev–Trinajstić information content (AvgIpc) is 2.74. The van der Waals surface area contributed by atoms with E-state index in [1.165, 1.54) is 6.26 Å². The van der Waals surface area contributed by atoms with Gasteiger partial charge in [-0.25, -0.2) is 0 Å². The summed E-state index contributed by atoms with van der Waals surface area (Å²) >= 11 is 0. The monoisotopic (exact) mass is 181 g/mol. The number of nitrogens with one attached hydrogen (secondary N) is 2. The second kappa shape index (κ2) is 3.57. The normalized spacial score (nSPS) is 21.7. The van der Waals surface area contributed by atoms with Crippen molar-refractivity contribution in [3.63, 3.8) is 0 Å². The first kappa shape index (κ1) is 8.25. The maximum Gasteiger partial charge on any atom is 0.242 e. The van der Waals surface area contributed by atoms with Gasteiger partial charge in [0.25, 0.3) is 0 Å². The standard InChI is InChI=1S/C8H11N3O2/c12-8(6-2-1-4-9-6)10-7-3-5-13-11-7/h3,5-6,9H,1-2,4H2,(H,10,11,12)/t6-/m1/s1. The Morgan fingerprint density at radius 1 is 1.77 bits per heavy atom. The average molecular weight is 181 g/mol. The Morgan fingerprint density at radius 3 is 3.31 bits per heavy atom. The highest BCUT2D eigenvalue weighted by Gasteiger charge is 2.22. The topological polar surface area (TPSA) is 67.2 Å². The quantitative estimate of drug-likeness (QED) is 0.691. The van der Waals surface area contributed by atoms with E-state index in [2.05, 4.69) is 20.3 Å². The van der Waals surface area contributed by atoms with Gasteiger partial charge in [0, 0.05) is 6.07 Å². The van der Waals surface area contributed by atoms with Crippen LogP contribution in [0.25, 0.3) is 0 Å². The molecule has 1 aromatic heterocycles. The third kappa shape index (κ3) is 1.86. The molecule has 70 valence electrons. The van der Waals surface area contributed by atoms with Gasteiger partial charge in [0.1, 0.15) is 6.26 Å². The lowest BCUT2D eigenvalue weighted by Crippen LogP contribution is -2.35. The molecule has 2 N–H and O–H groups in total. The van der Waals surface area contributed by atoms with Gasteiger partial charge in [-0.3, -0.25) is 4.79 Å². The minimum absolute atomic E-state index is 0.0357. The summed E-state index contributed by atoms with van der Waals surface area (Å²) in [5.74, 6) is 0.435. The molecule has 5 heteroatoms. The first-order valence-electron chi connectivity index (χ1n) is 4.31. The lowest BCUT2D eigenvalue weighted by molar-refractivity contribution is -0.117. The van der Waals surface area contributed by atoms with Crippen LogP contribution in [0.4, 0.5) is 5.82 Å². The Morgan fingerprint density at radius 2 is 2.69 bits per heavy atom. The summed E-state index contributed by atoms with van der Waals surface area (Å²) < 4.78 is 4.59. The minimum atomic E-state index is -0.0725. The van der Waals surface area contributed by atoms with Gasteiger partial charge < -0.3 is 15.2 Å². The van der Waals surface area contributed by atoms with Crippen molar-refractivity contribution >= 4 is 11.7 Å². The van der Waals surface area contributed by atoms with Gasteiger partial charge in [-0.2, -0.15) is 0 Å². The van der Waals surface area contributed by atoms with Crippen molar-refractivity contribution in [2.45, 2.75) is 18.9 Å². The van der Waals surface area contributed by atoms with Crippen LogP contribution in [0.5, 0.6) is 0 Å². The largest absolute Gasteiger partial charge is 0.363 e. The lowest BCUT2D eigenvalue weighted by Gasteiger charge is -2.07. The first-order valence-corrected chi connectivity index (χ1v) is 4.31. The molecule has 13 heavy (non-hydrogen) atoms. The van der Waals surface area contributed by atoms with Crippen LogP contribution in [-0.2, 0) is 4.79 Å². The van der Waals surface area contributed by atoms with Crippen molar-refractivity contribution in [3.8, 4) is 0 Å². The van der Waals surface area contributed by atoms with Gasteiger partial charge >= 0.3 is 0 Å². The van der Waals surface area contributed by atoms with E-state index in [4.69, 9.17) is 0 Å². The molecule has 1 aliphatic heterocycles. The van der Waals surface area contributed by atoms with Crippen molar-refractivity contribution in [1.82, 2.24) is 10.5 Å². The molecule has 1 aliphatic rings. The molecule has 5 nitrogen and oxygen atoms in total. The SMILES string of the molecule is O=C(Nc1ccon1)[C@H]1CCCN1. The zero-order valence-corrected chi connectivity index (χ0v) is 7.12. The van der Waals surface area contributed by atoms with Gasteiger partial charge in [0.05, 0.1) is 6.04 Å². The molecule has 0 spiro atoms. The Kier molecular flexibility index (Phi) is 2.27. The molecule has 2 heterocycles. The van der Waals surface area contributed by atoms with E-state index in [0.29, 0.717) is 5.82 Å². The molecule has 2 rings (SSSR count). The molecular formula is C8H11N3O2. The third-order valence-corrected chi connectivity index (χ3v) is 2.07. The van der Waals surface area contributed by atoms with E-state index in [1.807, 2.05) is 0 Å². The van der Waals surface area contributed by atoms with E-state index in [-0.39, 0.29) is 11.9 Å². The Balaban J connectivity index is 1.91. The van der Waals surface area contributed by atoms with E-state index < -0.39 is 0 Å². The Hall–Kier alpha value is -1.36. The van der Waals surface area contributed by atoms with Crippen molar-refractivity contribution in [2.24, 2.45) is 0 Å². The molecule has 0 bridgehead atoms. The van der Waals surface area contributed by atoms with Crippen LogP contribution in [0, 0.1) is 0 Å². The molecule has 0 aliphatic carbocycles. The van der Waals surface area contributed by atoms with E-state index in [9.17, 15) is 4.79 Å². The van der Waals surface area contributed by atoms with Crippen LogP contribution in [0.1, 0.15) is 12.8 Å². The maximum atomic E-state index is 11.5. The van der Waals surface area contributed by atoms with Crippen LogP contribution in [0.2, 0.25) is 0 Å². The summed E-state index contributed by atoms with van der Waals surface area (Å²) in [6.07, 6.45) is 3.37. The fourth-order valence-electron chi connectivity index (χ4n) is 1.40. The molecule has 0 radical (unpaired) electrons. The molecular weight excluding hydrogens is 170 g/mol. The number of hydrogen-bond acceptors (Lipinski definition) is 4. The second-order valence-electron chi connectivity index (χ2n) is 3.02. The summed E-state index contributed by atoms with van der Waals surface area (Å²) in [5, 5.41) is 9.35. The van der Waals surface area contributed by atoms with Gasteiger partial charge in [0.2, 0.25) is 5.91 Å². The van der Waals surface area contributed by atoms with E-state index in [0.717, 1.165) is 19.4 Å². The number of aromatic nitrogens is 1. The maximum absolute atomic E-state index is 11.5. The van der Waals surface area contributed by atoms with Crippen molar-refractivity contribution in [1.29, 1.82) is 0 Å². The number of carbonyl (C=O) groups is 1. The van der Waals surface area contributed by atoms with Crippen molar-refractivity contribution in [3.05, 3.63) is 12.3 Å². The summed E-state index contributed by atoms with van der Waals surface area (Å²) in [6.45, 7) is 0.914. The van der Waals surface area contributed by atoms with Gasteiger partial charge in [-0.15, -0.1) is 0 Å². The van der Waals surface area contributed by atoms with Gasteiger partial charge in [0.15, 0.2) is 5.82 Å². The van der Waals surface area contributed by atoms with Crippen molar-refractivity contribution in [2.75, 3.05) is 11.9 Å². The van der Waals surface area contributed by atoms with E-state index in [1.54, 1.807) is 6.07 Å². The fourth-order valence-corrected chi connectivity index (χ4v) is 1.40. The molecule has 0 unspecified atom stereocenters. The number of anilines is 1. The van der Waals surface area contributed by atoms with Crippen LogP contribution in [0.15, 0.2) is 16.9 Å². The molecule has 1 amide bonds. The molecule has 1 fully saturated rings. The summed E-state index contributed by atoms with van der Waals surface area (Å²) in [6, 6.07) is 1.55. The Bertz CT molecular complexity index is 278. The van der Waals surface area contributed by atoms with Crippen LogP contribution in [0.3, 0.4) is 0 Å². The predicted octanol–water partition coefficient (Wildman–Crippen LogP) is 0.365. The minimum Gasteiger partial charge on any atom is -0.363 e. The first-order chi connectivity index (χ1) is 6.36. The van der Waals surface area contributed by atoms with Gasteiger partial charge in [-0.05, 0) is 19.4 Å². The number of carbonyl (C=O) groups excluding carboxylic acids is 1. The second-order valence-corrected chi connectivity index (χ2v) is 3.02. The van der Waals surface area contributed by atoms with Crippen LogP contribution < -0.4 is 10.6 Å². The number of hydrogen-bond donors (Lipinski definition) is 2. The highest BCUT2D eigenvalue weighted by molar-refractivity contribution is 5.94. The summed E-state index contributed by atoms with van der Waals surface area (Å²) in [5.41, 5.74) is 0. The molecule has 1 atom stereocenters. The third-order valence-electron chi connectivity index (χ3n) is 2.07. The molecule has 0 aromatic carbocycles. The molecule has 0 saturated carbocycles. The zero-order valence-electron chi connectivity index (χ0n) is 7.12. The predicted molar refractivity (Wildman–Crippen MR) is 46.2 cm³/mol. The number of rotatable bonds is 2. The van der Waals surface area contributed by atoms with E-state index >= 15 is 0 Å².